The Kier molecular flexibility index (Phi) is 4.57. The molecule has 0 aromatic heterocycles. The largest absolute Gasteiger partial charge is 0.377 e. The van der Waals surface area contributed by atoms with Crippen LogP contribution in [0, 0.1) is 10.1 Å². The Morgan fingerprint density at radius 1 is 1.55 bits per heavy atom. The van der Waals surface area contributed by atoms with E-state index < -0.39 is 4.92 Å². The number of rotatable bonds is 2. The van der Waals surface area contributed by atoms with Crippen molar-refractivity contribution in [1.29, 1.82) is 0 Å². The second-order valence-corrected chi connectivity index (χ2v) is 5.11. The second-order valence-electron chi connectivity index (χ2n) is 4.71. The number of hydrogen-bond acceptors (Lipinski definition) is 4. The average molecular weight is 299 g/mol. The zero-order chi connectivity index (χ0) is 14.7. The van der Waals surface area contributed by atoms with Crippen LogP contribution in [0.2, 0.25) is 5.02 Å². The van der Waals surface area contributed by atoms with Crippen molar-refractivity contribution in [3.05, 3.63) is 38.9 Å². The van der Waals surface area contributed by atoms with Crippen LogP contribution in [0.15, 0.2) is 18.2 Å². The van der Waals surface area contributed by atoms with Gasteiger partial charge in [0.2, 0.25) is 0 Å². The van der Waals surface area contributed by atoms with Gasteiger partial charge in [0.1, 0.15) is 0 Å². The number of nitro benzene ring substituents is 1. The quantitative estimate of drug-likeness (QED) is 0.621. The average Bonchev–Trinajstić information content (AvgIpc) is 2.62. The summed E-state index contributed by atoms with van der Waals surface area (Å²) in [5.41, 5.74) is 0.158. The molecule has 0 radical (unpaired) electrons. The number of amides is 1. The van der Waals surface area contributed by atoms with Crippen LogP contribution in [0.3, 0.4) is 0 Å². The molecule has 1 heterocycles. The molecule has 1 aromatic carbocycles. The predicted octanol–water partition coefficient (Wildman–Crippen LogP) is 2.50. The molecule has 1 aliphatic heterocycles. The van der Waals surface area contributed by atoms with Gasteiger partial charge in [-0.2, -0.15) is 0 Å². The molecule has 1 saturated heterocycles. The molecular weight excluding hydrogens is 284 g/mol. The van der Waals surface area contributed by atoms with Crippen molar-refractivity contribution in [3.8, 4) is 0 Å². The van der Waals surface area contributed by atoms with Gasteiger partial charge in [0, 0.05) is 31.8 Å². The Labute approximate surface area is 121 Å². The molecular formula is C13H15ClN2O4. The predicted molar refractivity (Wildman–Crippen MR) is 74.0 cm³/mol. The summed E-state index contributed by atoms with van der Waals surface area (Å²) in [5.74, 6) is -0.220. The number of carbonyl (C=O) groups excluding carboxylic acids is 1. The fourth-order valence-electron chi connectivity index (χ4n) is 2.14. The highest BCUT2D eigenvalue weighted by atomic mass is 35.5. The van der Waals surface area contributed by atoms with E-state index in [4.69, 9.17) is 16.3 Å². The Bertz CT molecular complexity index is 535. The third-order valence-corrected chi connectivity index (χ3v) is 3.45. The number of nitrogens with zero attached hydrogens (tertiary/aromatic N) is 2. The molecule has 1 unspecified atom stereocenters. The highest BCUT2D eigenvalue weighted by Gasteiger charge is 2.23. The number of benzene rings is 1. The smallest absolute Gasteiger partial charge is 0.270 e. The second kappa shape index (κ2) is 6.19. The topological polar surface area (TPSA) is 72.7 Å². The van der Waals surface area contributed by atoms with E-state index >= 15 is 0 Å². The molecule has 6 nitrogen and oxygen atoms in total. The maximum atomic E-state index is 12.4. The third-order valence-electron chi connectivity index (χ3n) is 3.13. The first-order chi connectivity index (χ1) is 9.49. The molecule has 1 amide bonds. The fourth-order valence-corrected chi connectivity index (χ4v) is 2.40. The third kappa shape index (κ3) is 3.26. The molecule has 7 heteroatoms. The summed E-state index contributed by atoms with van der Waals surface area (Å²) >= 11 is 5.98. The molecule has 1 aliphatic rings. The first-order valence-electron chi connectivity index (χ1n) is 6.34. The van der Waals surface area contributed by atoms with Crippen LogP contribution >= 0.6 is 11.6 Å². The van der Waals surface area contributed by atoms with Gasteiger partial charge >= 0.3 is 0 Å². The Balaban J connectivity index is 2.22. The van der Waals surface area contributed by atoms with Crippen LogP contribution in [0.25, 0.3) is 0 Å². The van der Waals surface area contributed by atoms with Gasteiger partial charge < -0.3 is 9.64 Å². The molecule has 20 heavy (non-hydrogen) atoms. The van der Waals surface area contributed by atoms with Crippen LogP contribution < -0.4 is 0 Å². The zero-order valence-corrected chi connectivity index (χ0v) is 11.8. The van der Waals surface area contributed by atoms with Crippen LogP contribution in [0.4, 0.5) is 5.69 Å². The van der Waals surface area contributed by atoms with Gasteiger partial charge in [0.05, 0.1) is 21.6 Å². The summed E-state index contributed by atoms with van der Waals surface area (Å²) in [6.07, 6.45) is 0.735. The van der Waals surface area contributed by atoms with E-state index in [1.807, 2.05) is 6.92 Å². The van der Waals surface area contributed by atoms with Crippen molar-refractivity contribution >= 4 is 23.2 Å². The van der Waals surface area contributed by atoms with Crippen LogP contribution in [0.1, 0.15) is 23.7 Å². The summed E-state index contributed by atoms with van der Waals surface area (Å²) in [7, 11) is 0. The highest BCUT2D eigenvalue weighted by molar-refractivity contribution is 6.34. The van der Waals surface area contributed by atoms with Gasteiger partial charge in [-0.25, -0.2) is 0 Å². The molecule has 1 fully saturated rings. The maximum absolute atomic E-state index is 12.4. The van der Waals surface area contributed by atoms with Crippen molar-refractivity contribution in [3.63, 3.8) is 0 Å². The van der Waals surface area contributed by atoms with Crippen molar-refractivity contribution in [2.75, 3.05) is 19.7 Å². The van der Waals surface area contributed by atoms with Crippen molar-refractivity contribution in [1.82, 2.24) is 4.90 Å². The molecule has 0 N–H and O–H groups in total. The molecule has 108 valence electrons. The number of non-ortho nitro benzene ring substituents is 1. The number of halogens is 1. The number of ether oxygens (including phenoxy) is 1. The van der Waals surface area contributed by atoms with E-state index in [0.29, 0.717) is 19.7 Å². The lowest BCUT2D eigenvalue weighted by Crippen LogP contribution is -2.36. The Hall–Kier alpha value is -1.66. The summed E-state index contributed by atoms with van der Waals surface area (Å²) in [6.45, 7) is 3.62. The lowest BCUT2D eigenvalue weighted by Gasteiger charge is -2.22. The molecule has 0 aliphatic carbocycles. The van der Waals surface area contributed by atoms with Crippen LogP contribution in [-0.2, 0) is 4.74 Å². The molecule has 2 rings (SSSR count). The summed E-state index contributed by atoms with van der Waals surface area (Å²) in [6, 6.07) is 3.89. The van der Waals surface area contributed by atoms with Gasteiger partial charge in [-0.05, 0) is 19.4 Å². The van der Waals surface area contributed by atoms with Crippen LogP contribution in [-0.4, -0.2) is 41.5 Å². The highest BCUT2D eigenvalue weighted by Crippen LogP contribution is 2.24. The van der Waals surface area contributed by atoms with Crippen molar-refractivity contribution in [2.45, 2.75) is 19.4 Å². The number of carbonyl (C=O) groups is 1. The van der Waals surface area contributed by atoms with Gasteiger partial charge in [0.25, 0.3) is 11.6 Å². The number of hydrogen-bond donors (Lipinski definition) is 0. The van der Waals surface area contributed by atoms with Crippen molar-refractivity contribution < 1.29 is 14.5 Å². The van der Waals surface area contributed by atoms with E-state index in [1.54, 1.807) is 4.90 Å². The van der Waals surface area contributed by atoms with Gasteiger partial charge in [-0.15, -0.1) is 0 Å². The lowest BCUT2D eigenvalue weighted by molar-refractivity contribution is -0.384. The maximum Gasteiger partial charge on any atom is 0.270 e. The Morgan fingerprint density at radius 3 is 2.95 bits per heavy atom. The van der Waals surface area contributed by atoms with E-state index in [-0.39, 0.29) is 28.3 Å². The summed E-state index contributed by atoms with van der Waals surface area (Å²) in [4.78, 5) is 24.2. The number of nitro groups is 1. The minimum Gasteiger partial charge on any atom is -0.377 e. The van der Waals surface area contributed by atoms with Crippen molar-refractivity contribution in [2.24, 2.45) is 0 Å². The van der Waals surface area contributed by atoms with E-state index in [2.05, 4.69) is 0 Å². The summed E-state index contributed by atoms with van der Waals surface area (Å²) in [5, 5.41) is 10.8. The van der Waals surface area contributed by atoms with Crippen LogP contribution in [0.5, 0.6) is 0 Å². The molecule has 1 aromatic rings. The minimum atomic E-state index is -0.540. The molecule has 0 saturated carbocycles. The monoisotopic (exact) mass is 298 g/mol. The van der Waals surface area contributed by atoms with Gasteiger partial charge in [-0.1, -0.05) is 11.6 Å². The standard InChI is InChI=1S/C13H15ClN2O4/c1-9-8-15(5-2-6-20-9)13(17)11-4-3-10(16(18)19)7-12(11)14/h3-4,7,9H,2,5-6,8H2,1H3. The van der Waals surface area contributed by atoms with Gasteiger partial charge in [-0.3, -0.25) is 14.9 Å². The Morgan fingerprint density at radius 2 is 2.30 bits per heavy atom. The van der Waals surface area contributed by atoms with Gasteiger partial charge in [0.15, 0.2) is 0 Å². The van der Waals surface area contributed by atoms with E-state index in [0.717, 1.165) is 6.42 Å². The minimum absolute atomic E-state index is 0.0294. The molecule has 1 atom stereocenters. The summed E-state index contributed by atoms with van der Waals surface area (Å²) < 4.78 is 5.48. The lowest BCUT2D eigenvalue weighted by atomic mass is 10.1. The molecule has 0 bridgehead atoms. The van der Waals surface area contributed by atoms with E-state index in [9.17, 15) is 14.9 Å². The SMILES string of the molecule is CC1CN(C(=O)c2ccc([N+](=O)[O-])cc2Cl)CCCO1. The fraction of sp³-hybridized carbons (Fsp3) is 0.462. The normalized spacial score (nSPS) is 19.5. The first-order valence-corrected chi connectivity index (χ1v) is 6.71. The molecule has 0 spiro atoms. The first kappa shape index (κ1) is 14.7. The zero-order valence-electron chi connectivity index (χ0n) is 11.0. The van der Waals surface area contributed by atoms with E-state index in [1.165, 1.54) is 18.2 Å².